The lowest BCUT2D eigenvalue weighted by Crippen LogP contribution is -2.41. The largest absolute Gasteiger partial charge is 0.480 e. The molecule has 1 atom stereocenters. The Balaban J connectivity index is 2.40. The SMILES string of the molecule is CCC(Oc1ccc(Cl)c2ccccc12)C(=O)NN. The summed E-state index contributed by atoms with van der Waals surface area (Å²) in [6.45, 7) is 1.86. The number of rotatable bonds is 4. The van der Waals surface area contributed by atoms with Crippen LogP contribution in [0.25, 0.3) is 10.8 Å². The van der Waals surface area contributed by atoms with Gasteiger partial charge in [0.25, 0.3) is 5.91 Å². The number of hydrogen-bond donors (Lipinski definition) is 2. The van der Waals surface area contributed by atoms with Gasteiger partial charge in [0.2, 0.25) is 0 Å². The molecule has 0 heterocycles. The van der Waals surface area contributed by atoms with Gasteiger partial charge in [0.05, 0.1) is 0 Å². The van der Waals surface area contributed by atoms with Crippen molar-refractivity contribution in [3.05, 3.63) is 41.4 Å². The summed E-state index contributed by atoms with van der Waals surface area (Å²) < 4.78 is 5.73. The van der Waals surface area contributed by atoms with Crippen LogP contribution in [0.4, 0.5) is 0 Å². The Labute approximate surface area is 116 Å². The highest BCUT2D eigenvalue weighted by molar-refractivity contribution is 6.35. The minimum absolute atomic E-state index is 0.346. The fourth-order valence-corrected chi connectivity index (χ4v) is 2.13. The standard InChI is InChI=1S/C14H15ClN2O2/c1-2-12(14(18)17-16)19-13-8-7-11(15)9-5-3-4-6-10(9)13/h3-8,12H,2,16H2,1H3,(H,17,18). The van der Waals surface area contributed by atoms with Crippen LogP contribution in [0.2, 0.25) is 5.02 Å². The fraction of sp³-hybridized carbons (Fsp3) is 0.214. The highest BCUT2D eigenvalue weighted by Gasteiger charge is 2.18. The number of carbonyl (C=O) groups excluding carboxylic acids is 1. The number of amides is 1. The van der Waals surface area contributed by atoms with Gasteiger partial charge in [-0.3, -0.25) is 10.2 Å². The quantitative estimate of drug-likeness (QED) is 0.513. The monoisotopic (exact) mass is 278 g/mol. The van der Waals surface area contributed by atoms with E-state index < -0.39 is 6.10 Å². The minimum Gasteiger partial charge on any atom is -0.480 e. The molecule has 2 aromatic carbocycles. The van der Waals surface area contributed by atoms with E-state index in [0.717, 1.165) is 10.8 Å². The lowest BCUT2D eigenvalue weighted by Gasteiger charge is -2.17. The van der Waals surface area contributed by atoms with Gasteiger partial charge in [0, 0.05) is 15.8 Å². The number of hydrogen-bond acceptors (Lipinski definition) is 3. The summed E-state index contributed by atoms with van der Waals surface area (Å²) in [6.07, 6.45) is -0.0884. The molecule has 0 bridgehead atoms. The van der Waals surface area contributed by atoms with Crippen molar-refractivity contribution in [2.75, 3.05) is 0 Å². The van der Waals surface area contributed by atoms with Crippen LogP contribution in [0.3, 0.4) is 0 Å². The number of nitrogens with one attached hydrogen (secondary N) is 1. The zero-order valence-corrected chi connectivity index (χ0v) is 11.3. The second-order valence-corrected chi connectivity index (χ2v) is 4.52. The van der Waals surface area contributed by atoms with Crippen molar-refractivity contribution in [3.63, 3.8) is 0 Å². The van der Waals surface area contributed by atoms with Crippen molar-refractivity contribution >= 4 is 28.3 Å². The van der Waals surface area contributed by atoms with E-state index in [0.29, 0.717) is 17.2 Å². The number of halogens is 1. The van der Waals surface area contributed by atoms with Crippen LogP contribution < -0.4 is 16.0 Å². The molecule has 0 saturated carbocycles. The molecule has 19 heavy (non-hydrogen) atoms. The van der Waals surface area contributed by atoms with E-state index in [4.69, 9.17) is 22.2 Å². The third-order valence-corrected chi connectivity index (χ3v) is 3.24. The molecule has 1 amide bonds. The zero-order valence-electron chi connectivity index (χ0n) is 10.5. The average Bonchev–Trinajstić information content (AvgIpc) is 2.46. The summed E-state index contributed by atoms with van der Waals surface area (Å²) in [6, 6.07) is 11.1. The average molecular weight is 279 g/mol. The van der Waals surface area contributed by atoms with Gasteiger partial charge in [-0.05, 0) is 18.6 Å². The van der Waals surface area contributed by atoms with Crippen LogP contribution in [-0.4, -0.2) is 12.0 Å². The number of benzene rings is 2. The first-order valence-corrected chi connectivity index (χ1v) is 6.39. The van der Waals surface area contributed by atoms with Gasteiger partial charge >= 0.3 is 0 Å². The van der Waals surface area contributed by atoms with Crippen LogP contribution in [0.1, 0.15) is 13.3 Å². The molecule has 0 aliphatic heterocycles. The summed E-state index contributed by atoms with van der Waals surface area (Å²) in [7, 11) is 0. The lowest BCUT2D eigenvalue weighted by molar-refractivity contribution is -0.128. The van der Waals surface area contributed by atoms with Crippen LogP contribution in [-0.2, 0) is 4.79 Å². The molecule has 2 rings (SSSR count). The molecule has 0 spiro atoms. The van der Waals surface area contributed by atoms with E-state index >= 15 is 0 Å². The van der Waals surface area contributed by atoms with Crippen molar-refractivity contribution in [1.82, 2.24) is 5.43 Å². The third kappa shape index (κ3) is 2.80. The van der Waals surface area contributed by atoms with Crippen molar-refractivity contribution < 1.29 is 9.53 Å². The molecule has 100 valence electrons. The molecule has 0 aliphatic rings. The second kappa shape index (κ2) is 5.91. The fourth-order valence-electron chi connectivity index (χ4n) is 1.91. The molecule has 1 unspecified atom stereocenters. The maximum absolute atomic E-state index is 11.6. The minimum atomic E-state index is -0.616. The summed E-state index contributed by atoms with van der Waals surface area (Å²) in [5.74, 6) is 5.41. The number of hydrazine groups is 1. The molecule has 3 N–H and O–H groups in total. The number of fused-ring (bicyclic) bond motifs is 1. The maximum atomic E-state index is 11.6. The van der Waals surface area contributed by atoms with Gasteiger partial charge < -0.3 is 4.74 Å². The Morgan fingerprint density at radius 2 is 2.00 bits per heavy atom. The summed E-state index contributed by atoms with van der Waals surface area (Å²) in [4.78, 5) is 11.6. The Morgan fingerprint density at radius 1 is 1.32 bits per heavy atom. The van der Waals surface area contributed by atoms with Crippen molar-refractivity contribution in [2.24, 2.45) is 5.84 Å². The van der Waals surface area contributed by atoms with Gasteiger partial charge in [-0.25, -0.2) is 5.84 Å². The molecule has 4 nitrogen and oxygen atoms in total. The first kappa shape index (κ1) is 13.6. The summed E-state index contributed by atoms with van der Waals surface area (Å²) in [5.41, 5.74) is 2.11. The van der Waals surface area contributed by atoms with E-state index in [2.05, 4.69) is 5.43 Å². The van der Waals surface area contributed by atoms with E-state index in [9.17, 15) is 4.79 Å². The van der Waals surface area contributed by atoms with E-state index in [1.54, 1.807) is 12.1 Å². The first-order chi connectivity index (χ1) is 9.17. The predicted molar refractivity (Wildman–Crippen MR) is 76.0 cm³/mol. The Bertz CT molecular complexity index is 601. The number of nitrogens with two attached hydrogens (primary N) is 1. The second-order valence-electron chi connectivity index (χ2n) is 4.11. The topological polar surface area (TPSA) is 64.3 Å². The molecule has 0 aliphatic carbocycles. The van der Waals surface area contributed by atoms with Crippen LogP contribution >= 0.6 is 11.6 Å². The molecule has 5 heteroatoms. The van der Waals surface area contributed by atoms with Crippen LogP contribution in [0.15, 0.2) is 36.4 Å². The summed E-state index contributed by atoms with van der Waals surface area (Å²) >= 11 is 6.13. The van der Waals surface area contributed by atoms with Crippen molar-refractivity contribution in [1.29, 1.82) is 0 Å². The van der Waals surface area contributed by atoms with E-state index in [1.165, 1.54) is 0 Å². The third-order valence-electron chi connectivity index (χ3n) is 2.91. The van der Waals surface area contributed by atoms with Gasteiger partial charge in [0.1, 0.15) is 5.75 Å². The Morgan fingerprint density at radius 3 is 2.63 bits per heavy atom. The highest BCUT2D eigenvalue weighted by atomic mass is 35.5. The van der Waals surface area contributed by atoms with E-state index in [1.807, 2.05) is 31.2 Å². The molecule has 0 fully saturated rings. The van der Waals surface area contributed by atoms with Crippen LogP contribution in [0, 0.1) is 0 Å². The molecule has 0 radical (unpaired) electrons. The molecule has 0 aromatic heterocycles. The van der Waals surface area contributed by atoms with Crippen molar-refractivity contribution in [2.45, 2.75) is 19.4 Å². The Hall–Kier alpha value is -1.78. The number of carbonyl (C=O) groups is 1. The van der Waals surface area contributed by atoms with Gasteiger partial charge in [-0.15, -0.1) is 0 Å². The normalized spacial score (nSPS) is 12.2. The molecule has 2 aromatic rings. The predicted octanol–water partition coefficient (Wildman–Crippen LogP) is 2.64. The molecular formula is C14H15ClN2O2. The van der Waals surface area contributed by atoms with Crippen LogP contribution in [0.5, 0.6) is 5.75 Å². The molecule has 0 saturated heterocycles. The number of ether oxygens (including phenoxy) is 1. The van der Waals surface area contributed by atoms with Gasteiger partial charge in [0.15, 0.2) is 6.10 Å². The van der Waals surface area contributed by atoms with Crippen molar-refractivity contribution in [3.8, 4) is 5.75 Å². The lowest BCUT2D eigenvalue weighted by atomic mass is 10.1. The van der Waals surface area contributed by atoms with Gasteiger partial charge in [-0.1, -0.05) is 42.8 Å². The molecular weight excluding hydrogens is 264 g/mol. The highest BCUT2D eigenvalue weighted by Crippen LogP contribution is 2.32. The maximum Gasteiger partial charge on any atom is 0.274 e. The smallest absolute Gasteiger partial charge is 0.274 e. The Kier molecular flexibility index (Phi) is 4.24. The van der Waals surface area contributed by atoms with Gasteiger partial charge in [-0.2, -0.15) is 0 Å². The first-order valence-electron chi connectivity index (χ1n) is 6.01. The zero-order chi connectivity index (χ0) is 13.8. The van der Waals surface area contributed by atoms with E-state index in [-0.39, 0.29) is 5.91 Å². The summed E-state index contributed by atoms with van der Waals surface area (Å²) in [5, 5.41) is 2.42.